The average Bonchev–Trinajstić information content (AvgIpc) is 2.93. The van der Waals surface area contributed by atoms with Gasteiger partial charge in [-0.25, -0.2) is 0 Å². The van der Waals surface area contributed by atoms with Crippen LogP contribution in [-0.4, -0.2) is 15.6 Å². The van der Waals surface area contributed by atoms with E-state index in [9.17, 15) is 0 Å². The van der Waals surface area contributed by atoms with Crippen molar-refractivity contribution < 1.29 is 5.21 Å². The Hall–Kier alpha value is -2.23. The normalized spacial score (nSPS) is 15.3. The highest BCUT2D eigenvalue weighted by Gasteiger charge is 2.24. The molecule has 2 rings (SSSR count). The van der Waals surface area contributed by atoms with Crippen molar-refractivity contribution in [3.63, 3.8) is 0 Å². The molecule has 0 aliphatic heterocycles. The molecule has 0 saturated carbocycles. The lowest BCUT2D eigenvalue weighted by molar-refractivity contribution is 0.312. The minimum atomic E-state index is -0.188. The number of aromatic nitrogens is 1. The second-order valence-electron chi connectivity index (χ2n) is 4.30. The third kappa shape index (κ3) is 2.37. The molecule has 0 spiro atoms. The molecule has 1 aromatic carbocycles. The number of hydrogen-bond donors (Lipinski definition) is 2. The lowest BCUT2D eigenvalue weighted by Crippen LogP contribution is -2.30. The minimum absolute atomic E-state index is 0.120. The number of nitrogens with zero attached hydrogens (tertiary/aromatic N) is 2. The van der Waals surface area contributed by atoms with Crippen LogP contribution in [0.1, 0.15) is 24.4 Å². The van der Waals surface area contributed by atoms with E-state index in [4.69, 9.17) is 10.9 Å². The van der Waals surface area contributed by atoms with Gasteiger partial charge in [-0.3, -0.25) is 0 Å². The van der Waals surface area contributed by atoms with Crippen molar-refractivity contribution in [1.82, 2.24) is 4.57 Å². The Labute approximate surface area is 106 Å². The van der Waals surface area contributed by atoms with Crippen LogP contribution in [0.4, 0.5) is 0 Å². The quantitative estimate of drug-likeness (QED) is 0.375. The molecule has 4 nitrogen and oxygen atoms in total. The molecule has 4 heteroatoms. The van der Waals surface area contributed by atoms with E-state index >= 15 is 0 Å². The van der Waals surface area contributed by atoms with Gasteiger partial charge in [0.2, 0.25) is 0 Å². The van der Waals surface area contributed by atoms with Crippen molar-refractivity contribution in [3.05, 3.63) is 60.4 Å². The summed E-state index contributed by atoms with van der Waals surface area (Å²) in [5, 5.41) is 12.1. The predicted molar refractivity (Wildman–Crippen MR) is 71.7 cm³/mol. The van der Waals surface area contributed by atoms with Crippen molar-refractivity contribution in [1.29, 1.82) is 0 Å². The Morgan fingerprint density at radius 3 is 2.33 bits per heavy atom. The zero-order valence-electron chi connectivity index (χ0n) is 10.3. The van der Waals surface area contributed by atoms with Crippen molar-refractivity contribution in [2.45, 2.75) is 18.9 Å². The van der Waals surface area contributed by atoms with E-state index < -0.39 is 0 Å². The van der Waals surface area contributed by atoms with Crippen molar-refractivity contribution >= 4 is 5.84 Å². The molecule has 0 radical (unpaired) electrons. The molecule has 1 aromatic heterocycles. The number of amidine groups is 1. The van der Waals surface area contributed by atoms with Crippen LogP contribution in [0.3, 0.4) is 0 Å². The second-order valence-corrected chi connectivity index (χ2v) is 4.30. The van der Waals surface area contributed by atoms with Crippen LogP contribution in [-0.2, 0) is 0 Å². The fourth-order valence-electron chi connectivity index (χ4n) is 2.20. The number of benzene rings is 1. The summed E-state index contributed by atoms with van der Waals surface area (Å²) < 4.78 is 1.95. The highest BCUT2D eigenvalue weighted by Crippen LogP contribution is 2.28. The molecule has 0 aliphatic rings. The maximum atomic E-state index is 8.95. The van der Waals surface area contributed by atoms with Crippen LogP contribution < -0.4 is 5.73 Å². The van der Waals surface area contributed by atoms with Crippen molar-refractivity contribution in [2.24, 2.45) is 10.9 Å². The molecule has 94 valence electrons. The van der Waals surface area contributed by atoms with Crippen molar-refractivity contribution in [2.75, 3.05) is 0 Å². The first-order valence-electron chi connectivity index (χ1n) is 5.89. The van der Waals surface area contributed by atoms with E-state index in [1.165, 1.54) is 0 Å². The first kappa shape index (κ1) is 12.2. The van der Waals surface area contributed by atoms with E-state index in [1.807, 2.05) is 59.4 Å². The Morgan fingerprint density at radius 2 is 1.78 bits per heavy atom. The number of rotatable bonds is 4. The fourth-order valence-corrected chi connectivity index (χ4v) is 2.20. The van der Waals surface area contributed by atoms with Gasteiger partial charge in [0.1, 0.15) is 6.04 Å². The molecule has 0 fully saturated rings. The summed E-state index contributed by atoms with van der Waals surface area (Å²) in [5.74, 6) is 0.331. The average molecular weight is 243 g/mol. The SMILES string of the molecule is C[C@H](c1ccccc1)[C@H](C(N)=NO)n1cccc1. The highest BCUT2D eigenvalue weighted by atomic mass is 16.4. The summed E-state index contributed by atoms with van der Waals surface area (Å²) in [7, 11) is 0. The smallest absolute Gasteiger partial charge is 0.162 e. The standard InChI is InChI=1S/C14H17N3O/c1-11(12-7-3-2-4-8-12)13(14(15)16-18)17-9-5-6-10-17/h2-11,13,18H,1H3,(H2,15,16)/t11-,13-/m1/s1. The molecule has 0 saturated heterocycles. The Kier molecular flexibility index (Phi) is 3.67. The third-order valence-corrected chi connectivity index (χ3v) is 3.17. The third-order valence-electron chi connectivity index (χ3n) is 3.17. The van der Waals surface area contributed by atoms with Gasteiger partial charge < -0.3 is 15.5 Å². The topological polar surface area (TPSA) is 63.5 Å². The number of nitrogens with two attached hydrogens (primary N) is 1. The van der Waals surface area contributed by atoms with Gasteiger partial charge in [0.05, 0.1) is 0 Å². The molecule has 0 bridgehead atoms. The van der Waals surface area contributed by atoms with E-state index in [0.717, 1.165) is 5.56 Å². The summed E-state index contributed by atoms with van der Waals surface area (Å²) in [6, 6.07) is 13.7. The molecule has 0 aliphatic carbocycles. The van der Waals surface area contributed by atoms with Gasteiger partial charge in [-0.15, -0.1) is 0 Å². The minimum Gasteiger partial charge on any atom is -0.409 e. The van der Waals surface area contributed by atoms with Gasteiger partial charge in [-0.2, -0.15) is 0 Å². The van der Waals surface area contributed by atoms with Crippen LogP contribution in [0.15, 0.2) is 60.0 Å². The predicted octanol–water partition coefficient (Wildman–Crippen LogP) is 2.58. The Balaban J connectivity index is 2.36. The molecule has 0 amide bonds. The van der Waals surface area contributed by atoms with E-state index in [-0.39, 0.29) is 17.8 Å². The maximum Gasteiger partial charge on any atom is 0.162 e. The van der Waals surface area contributed by atoms with E-state index in [0.29, 0.717) is 0 Å². The summed E-state index contributed by atoms with van der Waals surface area (Å²) in [5.41, 5.74) is 6.98. The Bertz CT molecular complexity index is 505. The molecule has 1 heterocycles. The summed E-state index contributed by atoms with van der Waals surface area (Å²) >= 11 is 0. The fraction of sp³-hybridized carbons (Fsp3) is 0.214. The lowest BCUT2D eigenvalue weighted by Gasteiger charge is -2.24. The van der Waals surface area contributed by atoms with Gasteiger partial charge in [0, 0.05) is 18.3 Å². The molecule has 2 aromatic rings. The first-order valence-corrected chi connectivity index (χ1v) is 5.89. The van der Waals surface area contributed by atoms with Crippen molar-refractivity contribution in [3.8, 4) is 0 Å². The largest absolute Gasteiger partial charge is 0.409 e. The summed E-state index contributed by atoms with van der Waals surface area (Å²) in [6.07, 6.45) is 3.84. The summed E-state index contributed by atoms with van der Waals surface area (Å²) in [6.45, 7) is 2.07. The van der Waals surface area contributed by atoms with Crippen LogP contribution >= 0.6 is 0 Å². The van der Waals surface area contributed by atoms with Crippen LogP contribution in [0, 0.1) is 0 Å². The number of hydrogen-bond acceptors (Lipinski definition) is 2. The second kappa shape index (κ2) is 5.40. The van der Waals surface area contributed by atoms with Crippen LogP contribution in [0.5, 0.6) is 0 Å². The highest BCUT2D eigenvalue weighted by molar-refractivity contribution is 5.84. The van der Waals surface area contributed by atoms with Gasteiger partial charge in [0.25, 0.3) is 0 Å². The molecular formula is C14H17N3O. The maximum absolute atomic E-state index is 8.95. The number of oxime groups is 1. The van der Waals surface area contributed by atoms with Crippen LogP contribution in [0.2, 0.25) is 0 Å². The molecule has 0 unspecified atom stereocenters. The van der Waals surface area contributed by atoms with Gasteiger partial charge in [-0.1, -0.05) is 42.4 Å². The van der Waals surface area contributed by atoms with Gasteiger partial charge in [-0.05, 0) is 17.7 Å². The van der Waals surface area contributed by atoms with Gasteiger partial charge >= 0.3 is 0 Å². The zero-order valence-corrected chi connectivity index (χ0v) is 10.3. The van der Waals surface area contributed by atoms with E-state index in [2.05, 4.69) is 12.1 Å². The Morgan fingerprint density at radius 1 is 1.17 bits per heavy atom. The van der Waals surface area contributed by atoms with E-state index in [1.54, 1.807) is 0 Å². The molecule has 3 N–H and O–H groups in total. The van der Waals surface area contributed by atoms with Gasteiger partial charge in [0.15, 0.2) is 5.84 Å². The first-order chi connectivity index (χ1) is 8.74. The monoisotopic (exact) mass is 243 g/mol. The molecule has 18 heavy (non-hydrogen) atoms. The summed E-state index contributed by atoms with van der Waals surface area (Å²) in [4.78, 5) is 0. The molecule has 2 atom stereocenters. The lowest BCUT2D eigenvalue weighted by atomic mass is 9.92. The molecular weight excluding hydrogens is 226 g/mol. The van der Waals surface area contributed by atoms with Crippen LogP contribution in [0.25, 0.3) is 0 Å². The zero-order chi connectivity index (χ0) is 13.0.